The summed E-state index contributed by atoms with van der Waals surface area (Å²) in [7, 11) is 1.83. The predicted octanol–water partition coefficient (Wildman–Crippen LogP) is 2.03. The third-order valence-electron chi connectivity index (χ3n) is 2.25. The van der Waals surface area contributed by atoms with E-state index in [9.17, 15) is 4.79 Å². The molecule has 1 aromatic heterocycles. The van der Waals surface area contributed by atoms with Gasteiger partial charge in [-0.15, -0.1) is 24.8 Å². The van der Waals surface area contributed by atoms with Crippen LogP contribution < -0.4 is 10.6 Å². The Bertz CT molecular complexity index is 347. The highest BCUT2D eigenvalue weighted by Crippen LogP contribution is 2.12. The molecule has 0 saturated carbocycles. The normalized spacial score (nSPS) is 10.8. The monoisotopic (exact) mass is 279 g/mol. The van der Waals surface area contributed by atoms with Crippen LogP contribution in [-0.4, -0.2) is 24.5 Å². The van der Waals surface area contributed by atoms with Crippen LogP contribution >= 0.6 is 24.8 Å². The molecule has 1 rings (SSSR count). The van der Waals surface area contributed by atoms with E-state index in [4.69, 9.17) is 0 Å². The summed E-state index contributed by atoms with van der Waals surface area (Å²) in [5.74, 6) is -0.0324. The topological polar surface area (TPSA) is 54.0 Å². The van der Waals surface area contributed by atoms with Gasteiger partial charge in [0.25, 0.3) is 0 Å². The van der Waals surface area contributed by atoms with Crippen molar-refractivity contribution in [3.05, 3.63) is 24.0 Å². The minimum absolute atomic E-state index is 0. The number of hydrogen-bond acceptors (Lipinski definition) is 3. The van der Waals surface area contributed by atoms with Gasteiger partial charge in [-0.3, -0.25) is 9.78 Å². The van der Waals surface area contributed by atoms with E-state index in [2.05, 4.69) is 15.6 Å². The molecule has 0 saturated heterocycles. The lowest BCUT2D eigenvalue weighted by Gasteiger charge is -2.12. The highest BCUT2D eigenvalue weighted by Gasteiger charge is 2.12. The van der Waals surface area contributed by atoms with Gasteiger partial charge in [-0.1, -0.05) is 6.92 Å². The molecule has 6 heteroatoms. The predicted molar refractivity (Wildman–Crippen MR) is 75.2 cm³/mol. The van der Waals surface area contributed by atoms with E-state index in [0.29, 0.717) is 6.54 Å². The second-order valence-electron chi connectivity index (χ2n) is 3.64. The van der Waals surface area contributed by atoms with Crippen LogP contribution in [0.15, 0.2) is 18.5 Å². The van der Waals surface area contributed by atoms with Gasteiger partial charge in [0.2, 0.25) is 5.91 Å². The number of pyridine rings is 1. The Balaban J connectivity index is 0. The van der Waals surface area contributed by atoms with Gasteiger partial charge in [0.15, 0.2) is 0 Å². The zero-order valence-corrected chi connectivity index (χ0v) is 11.8. The molecule has 1 atom stereocenters. The van der Waals surface area contributed by atoms with Gasteiger partial charge in [0, 0.05) is 18.7 Å². The van der Waals surface area contributed by atoms with Crippen molar-refractivity contribution in [1.29, 1.82) is 0 Å². The van der Waals surface area contributed by atoms with Crippen molar-refractivity contribution in [3.8, 4) is 0 Å². The summed E-state index contributed by atoms with van der Waals surface area (Å²) in [6.45, 7) is 4.50. The molecule has 0 fully saturated rings. The second-order valence-corrected chi connectivity index (χ2v) is 3.64. The molecule has 4 nitrogen and oxygen atoms in total. The smallest absolute Gasteiger partial charge is 0.228 e. The largest absolute Gasteiger partial charge is 0.324 e. The SMILES string of the molecule is CNCC(C)C(=O)Nc1cnccc1C.Cl.Cl. The number of halogens is 2. The van der Waals surface area contributed by atoms with Crippen LogP contribution in [0.2, 0.25) is 0 Å². The number of carbonyl (C=O) groups excluding carboxylic acids is 1. The molecule has 1 unspecified atom stereocenters. The van der Waals surface area contributed by atoms with Gasteiger partial charge < -0.3 is 10.6 Å². The molecule has 0 radical (unpaired) electrons. The number of nitrogens with one attached hydrogen (secondary N) is 2. The molecule has 0 aliphatic heterocycles. The molecule has 0 aromatic carbocycles. The average Bonchev–Trinajstić information content (AvgIpc) is 2.21. The molecule has 17 heavy (non-hydrogen) atoms. The number of nitrogens with zero attached hydrogens (tertiary/aromatic N) is 1. The lowest BCUT2D eigenvalue weighted by atomic mass is 10.1. The van der Waals surface area contributed by atoms with Crippen LogP contribution in [0.5, 0.6) is 0 Å². The van der Waals surface area contributed by atoms with Gasteiger partial charge in [-0.05, 0) is 25.6 Å². The number of aryl methyl sites for hydroxylation is 1. The Labute approximate surface area is 114 Å². The molecular weight excluding hydrogens is 261 g/mol. The Morgan fingerprint density at radius 2 is 2.12 bits per heavy atom. The average molecular weight is 280 g/mol. The van der Waals surface area contributed by atoms with Crippen LogP contribution in [0.1, 0.15) is 12.5 Å². The Morgan fingerprint density at radius 3 is 2.65 bits per heavy atom. The van der Waals surface area contributed by atoms with E-state index >= 15 is 0 Å². The summed E-state index contributed by atoms with van der Waals surface area (Å²) in [6, 6.07) is 1.87. The van der Waals surface area contributed by atoms with Crippen molar-refractivity contribution in [1.82, 2.24) is 10.3 Å². The third kappa shape index (κ3) is 5.86. The summed E-state index contributed by atoms with van der Waals surface area (Å²) in [5, 5.41) is 5.83. The number of carbonyl (C=O) groups is 1. The molecule has 1 aromatic rings. The van der Waals surface area contributed by atoms with E-state index in [0.717, 1.165) is 11.3 Å². The molecule has 2 N–H and O–H groups in total. The number of hydrogen-bond donors (Lipinski definition) is 2. The van der Waals surface area contributed by atoms with Crippen molar-refractivity contribution in [2.45, 2.75) is 13.8 Å². The molecule has 1 amide bonds. The summed E-state index contributed by atoms with van der Waals surface area (Å²) in [5.41, 5.74) is 1.81. The standard InChI is InChI=1S/C11H17N3O.2ClH/c1-8-4-5-13-7-10(8)14-11(15)9(2)6-12-3;;/h4-5,7,9,12H,6H2,1-3H3,(H,14,15);2*1H. The first-order valence-corrected chi connectivity index (χ1v) is 5.01. The molecule has 0 bridgehead atoms. The maximum atomic E-state index is 11.7. The Hall–Kier alpha value is -0.840. The van der Waals surface area contributed by atoms with Crippen molar-refractivity contribution in [2.75, 3.05) is 18.9 Å². The Morgan fingerprint density at radius 1 is 1.47 bits per heavy atom. The van der Waals surface area contributed by atoms with Crippen molar-refractivity contribution < 1.29 is 4.79 Å². The second kappa shape index (κ2) is 9.22. The van der Waals surface area contributed by atoms with Crippen LogP contribution in [0.3, 0.4) is 0 Å². The minimum Gasteiger partial charge on any atom is -0.324 e. The fraction of sp³-hybridized carbons (Fsp3) is 0.455. The van der Waals surface area contributed by atoms with Gasteiger partial charge in [0.05, 0.1) is 11.9 Å². The van der Waals surface area contributed by atoms with Crippen molar-refractivity contribution in [2.24, 2.45) is 5.92 Å². The minimum atomic E-state index is -0.0467. The lowest BCUT2D eigenvalue weighted by molar-refractivity contribution is -0.119. The fourth-order valence-corrected chi connectivity index (χ4v) is 1.25. The summed E-state index contributed by atoms with van der Waals surface area (Å²) in [6.07, 6.45) is 3.38. The maximum absolute atomic E-state index is 11.7. The van der Waals surface area contributed by atoms with Gasteiger partial charge >= 0.3 is 0 Å². The number of rotatable bonds is 4. The van der Waals surface area contributed by atoms with E-state index in [1.54, 1.807) is 12.4 Å². The molecule has 1 heterocycles. The van der Waals surface area contributed by atoms with Crippen LogP contribution in [0.4, 0.5) is 5.69 Å². The first-order valence-electron chi connectivity index (χ1n) is 5.01. The van der Waals surface area contributed by atoms with Crippen LogP contribution in [-0.2, 0) is 4.79 Å². The molecule has 0 spiro atoms. The first-order chi connectivity index (χ1) is 7.15. The van der Waals surface area contributed by atoms with E-state index in [1.807, 2.05) is 27.0 Å². The fourth-order valence-electron chi connectivity index (χ4n) is 1.25. The van der Waals surface area contributed by atoms with Crippen molar-refractivity contribution >= 4 is 36.4 Å². The van der Waals surface area contributed by atoms with Crippen molar-refractivity contribution in [3.63, 3.8) is 0 Å². The molecular formula is C11H19Cl2N3O. The van der Waals surface area contributed by atoms with Gasteiger partial charge in [-0.25, -0.2) is 0 Å². The zero-order valence-electron chi connectivity index (χ0n) is 10.2. The highest BCUT2D eigenvalue weighted by molar-refractivity contribution is 5.92. The molecule has 0 aliphatic carbocycles. The maximum Gasteiger partial charge on any atom is 0.228 e. The zero-order chi connectivity index (χ0) is 11.3. The van der Waals surface area contributed by atoms with E-state index < -0.39 is 0 Å². The van der Waals surface area contributed by atoms with Gasteiger partial charge in [-0.2, -0.15) is 0 Å². The summed E-state index contributed by atoms with van der Waals surface area (Å²) >= 11 is 0. The van der Waals surface area contributed by atoms with Gasteiger partial charge in [0.1, 0.15) is 0 Å². The van der Waals surface area contributed by atoms with E-state index in [1.165, 1.54) is 0 Å². The summed E-state index contributed by atoms with van der Waals surface area (Å²) in [4.78, 5) is 15.6. The van der Waals surface area contributed by atoms with Crippen LogP contribution in [0, 0.1) is 12.8 Å². The van der Waals surface area contributed by atoms with E-state index in [-0.39, 0.29) is 36.6 Å². The quantitative estimate of drug-likeness (QED) is 0.887. The molecule has 98 valence electrons. The first kappa shape index (κ1) is 18.5. The highest BCUT2D eigenvalue weighted by atomic mass is 35.5. The summed E-state index contributed by atoms with van der Waals surface area (Å²) < 4.78 is 0. The number of amides is 1. The lowest BCUT2D eigenvalue weighted by Crippen LogP contribution is -2.28. The van der Waals surface area contributed by atoms with Crippen LogP contribution in [0.25, 0.3) is 0 Å². The number of aromatic nitrogens is 1. The Kier molecular flexibility index (Phi) is 10.0. The third-order valence-corrected chi connectivity index (χ3v) is 2.25. The number of anilines is 1. The molecule has 0 aliphatic rings.